The lowest BCUT2D eigenvalue weighted by atomic mass is 9.65. The minimum absolute atomic E-state index is 0.000599. The van der Waals surface area contributed by atoms with Crippen LogP contribution in [0.25, 0.3) is 0 Å². The van der Waals surface area contributed by atoms with Crippen molar-refractivity contribution in [1.29, 1.82) is 0 Å². The number of aliphatic hydroxyl groups is 1. The molecule has 220 valence electrons. The normalized spacial score (nSPS) is 29.9. The molecule has 3 saturated heterocycles. The summed E-state index contributed by atoms with van der Waals surface area (Å²) in [5.41, 5.74) is -0.450. The molecule has 1 spiro atoms. The van der Waals surface area contributed by atoms with E-state index >= 15 is 0 Å². The number of nitrogens with zero attached hydrogens (tertiary/aromatic N) is 3. The maximum atomic E-state index is 14.8. The van der Waals surface area contributed by atoms with E-state index in [2.05, 4.69) is 54.7 Å². The fourth-order valence-corrected chi connectivity index (χ4v) is 10.1. The second-order valence-corrected chi connectivity index (χ2v) is 15.2. The van der Waals surface area contributed by atoms with Crippen molar-refractivity contribution in [2.75, 3.05) is 33.3 Å². The molecule has 8 heteroatoms. The van der Waals surface area contributed by atoms with E-state index in [4.69, 9.17) is 0 Å². The van der Waals surface area contributed by atoms with E-state index < -0.39 is 28.2 Å². The molecule has 3 rings (SSSR count). The zero-order chi connectivity index (χ0) is 29.3. The first-order valence-corrected chi connectivity index (χ1v) is 15.4. The molecule has 3 heterocycles. The molecule has 0 radical (unpaired) electrons. The fourth-order valence-electron chi connectivity index (χ4n) is 7.74. The van der Waals surface area contributed by atoms with Gasteiger partial charge in [-0.15, -0.1) is 24.9 Å². The number of carbonyl (C=O) groups is 3. The van der Waals surface area contributed by atoms with Gasteiger partial charge in [0.2, 0.25) is 17.7 Å². The van der Waals surface area contributed by atoms with Gasteiger partial charge in [0.1, 0.15) is 6.04 Å². The summed E-state index contributed by atoms with van der Waals surface area (Å²) in [6.45, 7) is 22.1. The first kappa shape index (κ1) is 31.7. The summed E-state index contributed by atoms with van der Waals surface area (Å²) >= 11 is 1.73. The van der Waals surface area contributed by atoms with Crippen LogP contribution in [-0.2, 0) is 14.4 Å². The van der Waals surface area contributed by atoms with Gasteiger partial charge in [-0.2, -0.15) is 0 Å². The molecule has 7 nitrogen and oxygen atoms in total. The van der Waals surface area contributed by atoms with Gasteiger partial charge in [-0.05, 0) is 57.3 Å². The van der Waals surface area contributed by atoms with Crippen LogP contribution in [0.4, 0.5) is 0 Å². The zero-order valence-electron chi connectivity index (χ0n) is 25.2. The molecule has 0 aromatic carbocycles. The largest absolute Gasteiger partial charge is 0.396 e. The second kappa shape index (κ2) is 12.0. The zero-order valence-corrected chi connectivity index (χ0v) is 26.1. The summed E-state index contributed by atoms with van der Waals surface area (Å²) in [5, 5.41) is 9.33. The lowest BCUT2D eigenvalue weighted by Gasteiger charge is -2.47. The summed E-state index contributed by atoms with van der Waals surface area (Å²) < 4.78 is -0.637. The smallest absolute Gasteiger partial charge is 0.247 e. The van der Waals surface area contributed by atoms with Gasteiger partial charge in [0, 0.05) is 44.1 Å². The van der Waals surface area contributed by atoms with Gasteiger partial charge >= 0.3 is 0 Å². The van der Waals surface area contributed by atoms with Crippen molar-refractivity contribution in [2.24, 2.45) is 23.2 Å². The van der Waals surface area contributed by atoms with Crippen LogP contribution in [0.2, 0.25) is 0 Å². The van der Waals surface area contributed by atoms with Gasteiger partial charge < -0.3 is 19.8 Å². The Morgan fingerprint density at radius 1 is 1.10 bits per heavy atom. The van der Waals surface area contributed by atoms with Crippen molar-refractivity contribution in [3.05, 3.63) is 25.3 Å². The number of rotatable bonds is 13. The van der Waals surface area contributed by atoms with Crippen molar-refractivity contribution in [3.8, 4) is 0 Å². The maximum Gasteiger partial charge on any atom is 0.247 e. The molecule has 3 fully saturated rings. The maximum absolute atomic E-state index is 14.8. The number of hydrogen-bond acceptors (Lipinski definition) is 5. The van der Waals surface area contributed by atoms with Crippen molar-refractivity contribution >= 4 is 29.5 Å². The van der Waals surface area contributed by atoms with Gasteiger partial charge in [-0.1, -0.05) is 39.8 Å². The molecular formula is C31H51N3O4S. The Balaban J connectivity index is 2.09. The molecule has 3 amide bonds. The topological polar surface area (TPSA) is 81.2 Å². The number of aliphatic hydroxyl groups excluding tert-OH is 1. The average molecular weight is 562 g/mol. The minimum atomic E-state index is -0.637. The number of amides is 3. The minimum Gasteiger partial charge on any atom is -0.396 e. The number of likely N-dealkylation sites (tertiary alicyclic amines) is 1. The predicted molar refractivity (Wildman–Crippen MR) is 159 cm³/mol. The van der Waals surface area contributed by atoms with Crippen molar-refractivity contribution in [2.45, 2.75) is 95.2 Å². The molecule has 39 heavy (non-hydrogen) atoms. The van der Waals surface area contributed by atoms with Crippen LogP contribution in [-0.4, -0.2) is 92.4 Å². The van der Waals surface area contributed by atoms with Gasteiger partial charge in [0.05, 0.1) is 16.6 Å². The molecule has 6 atom stereocenters. The van der Waals surface area contributed by atoms with Crippen LogP contribution >= 0.6 is 11.8 Å². The number of unbranched alkanes of at least 4 members (excludes halogenated alkanes) is 2. The molecule has 0 aliphatic carbocycles. The lowest BCUT2D eigenvalue weighted by Crippen LogP contribution is -2.61. The SMILES string of the molecule is C=CCN(C)C(=O)[C@@H]1[C@@H]2CC(C)C3(S2)C(C(=O)N(CC=C)C(C)(C)CC(C)(C)C)N(CCCCCO)C(=O)[C@H]13. The third-order valence-electron chi connectivity index (χ3n) is 8.87. The van der Waals surface area contributed by atoms with Gasteiger partial charge in [-0.3, -0.25) is 14.4 Å². The van der Waals surface area contributed by atoms with E-state index in [1.54, 1.807) is 35.9 Å². The third kappa shape index (κ3) is 5.83. The molecule has 0 aromatic heterocycles. The highest BCUT2D eigenvalue weighted by atomic mass is 32.2. The van der Waals surface area contributed by atoms with Crippen LogP contribution < -0.4 is 0 Å². The highest BCUT2D eigenvalue weighted by Crippen LogP contribution is 2.69. The lowest BCUT2D eigenvalue weighted by molar-refractivity contribution is -0.147. The molecule has 0 saturated carbocycles. The van der Waals surface area contributed by atoms with Crippen molar-refractivity contribution in [3.63, 3.8) is 0 Å². The predicted octanol–water partition coefficient (Wildman–Crippen LogP) is 4.36. The standard InChI is InChI=1S/C31H51N3O4S/c1-10-15-32(9)26(36)23-22-19-21(3)31(39-22)24(23)27(37)33(17-13-12-14-18-35)25(31)28(38)34(16-11-2)30(7,8)20-29(4,5)6/h10-11,21-25,35H,1-2,12-20H2,3-9H3/t21?,22-,23+,24-,25?,31?/m0/s1. The summed E-state index contributed by atoms with van der Waals surface area (Å²) in [6.07, 6.45) is 7.25. The molecule has 1 N–H and O–H groups in total. The molecular weight excluding hydrogens is 510 g/mol. The van der Waals surface area contributed by atoms with E-state index in [0.717, 1.165) is 19.3 Å². The average Bonchev–Trinajstić information content (AvgIpc) is 3.41. The number of thioether (sulfide) groups is 1. The quantitative estimate of drug-likeness (QED) is 0.267. The van der Waals surface area contributed by atoms with Crippen molar-refractivity contribution < 1.29 is 19.5 Å². The third-order valence-corrected chi connectivity index (χ3v) is 10.9. The van der Waals surface area contributed by atoms with Gasteiger partial charge in [0.15, 0.2) is 0 Å². The second-order valence-electron chi connectivity index (χ2n) is 13.7. The van der Waals surface area contributed by atoms with Crippen LogP contribution in [0, 0.1) is 23.2 Å². The van der Waals surface area contributed by atoms with E-state index in [1.807, 2.05) is 9.80 Å². The van der Waals surface area contributed by atoms with E-state index in [-0.39, 0.29) is 40.9 Å². The Kier molecular flexibility index (Phi) is 9.74. The summed E-state index contributed by atoms with van der Waals surface area (Å²) in [6, 6.07) is -0.629. The Bertz CT molecular complexity index is 960. The number of likely N-dealkylation sites (N-methyl/N-ethyl adjacent to an activating group) is 1. The van der Waals surface area contributed by atoms with Crippen LogP contribution in [0.3, 0.4) is 0 Å². The highest BCUT2D eigenvalue weighted by Gasteiger charge is 2.76. The first-order valence-electron chi connectivity index (χ1n) is 14.5. The Hall–Kier alpha value is -1.80. The Morgan fingerprint density at radius 3 is 2.31 bits per heavy atom. The summed E-state index contributed by atoms with van der Waals surface area (Å²) in [7, 11) is 1.77. The first-order chi connectivity index (χ1) is 18.2. The molecule has 3 aliphatic rings. The van der Waals surface area contributed by atoms with E-state index in [9.17, 15) is 19.5 Å². The van der Waals surface area contributed by atoms with E-state index in [1.165, 1.54) is 0 Å². The fraction of sp³-hybridized carbons (Fsp3) is 0.774. The number of carbonyl (C=O) groups excluding carboxylic acids is 3. The van der Waals surface area contributed by atoms with E-state index in [0.29, 0.717) is 32.5 Å². The number of fused-ring (bicyclic) bond motifs is 1. The highest BCUT2D eigenvalue weighted by molar-refractivity contribution is 8.02. The summed E-state index contributed by atoms with van der Waals surface area (Å²) in [5.74, 6) is -0.936. The number of hydrogen-bond donors (Lipinski definition) is 1. The molecule has 3 unspecified atom stereocenters. The summed E-state index contributed by atoms with van der Waals surface area (Å²) in [4.78, 5) is 48.3. The van der Waals surface area contributed by atoms with Crippen LogP contribution in [0.1, 0.15) is 73.6 Å². The monoisotopic (exact) mass is 561 g/mol. The molecule has 2 bridgehead atoms. The van der Waals surface area contributed by atoms with Crippen molar-refractivity contribution in [1.82, 2.24) is 14.7 Å². The van der Waals surface area contributed by atoms with Crippen LogP contribution in [0.5, 0.6) is 0 Å². The molecule has 0 aromatic rings. The molecule has 3 aliphatic heterocycles. The Morgan fingerprint density at radius 2 is 1.74 bits per heavy atom. The van der Waals surface area contributed by atoms with Gasteiger partial charge in [-0.25, -0.2) is 0 Å². The van der Waals surface area contributed by atoms with Gasteiger partial charge in [0.25, 0.3) is 0 Å². The van der Waals surface area contributed by atoms with Crippen LogP contribution in [0.15, 0.2) is 25.3 Å². The Labute approximate surface area is 240 Å².